The van der Waals surface area contributed by atoms with Crippen molar-refractivity contribution in [3.63, 3.8) is 0 Å². The molecule has 3 nitrogen and oxygen atoms in total. The van der Waals surface area contributed by atoms with Crippen LogP contribution in [0.2, 0.25) is 0 Å². The highest BCUT2D eigenvalue weighted by atomic mass is 16.1. The molecular formula is C14H18N2O. The first kappa shape index (κ1) is 11.7. The summed E-state index contributed by atoms with van der Waals surface area (Å²) in [5, 5.41) is 8.49. The zero-order valence-electron chi connectivity index (χ0n) is 10.1. The molecule has 3 heteroatoms. The van der Waals surface area contributed by atoms with E-state index < -0.39 is 0 Å². The van der Waals surface area contributed by atoms with Crippen LogP contribution >= 0.6 is 0 Å². The summed E-state index contributed by atoms with van der Waals surface area (Å²) in [5.74, 6) is 0.147. The summed E-state index contributed by atoms with van der Waals surface area (Å²) in [6, 6.07) is 6.41. The minimum Gasteiger partial charge on any atom is -0.380 e. The minimum absolute atomic E-state index is 0.147. The third kappa shape index (κ3) is 2.67. The zero-order valence-corrected chi connectivity index (χ0v) is 10.1. The normalized spacial score (nSPS) is 21.1. The molecule has 17 heavy (non-hydrogen) atoms. The molecule has 1 atom stereocenters. The van der Waals surface area contributed by atoms with E-state index in [1.165, 1.54) is 0 Å². The lowest BCUT2D eigenvalue weighted by molar-refractivity contribution is -0.122. The van der Waals surface area contributed by atoms with Gasteiger partial charge in [0.05, 0.1) is 0 Å². The van der Waals surface area contributed by atoms with Gasteiger partial charge in [-0.15, -0.1) is 0 Å². The van der Waals surface area contributed by atoms with Crippen LogP contribution in [-0.4, -0.2) is 18.5 Å². The van der Waals surface area contributed by atoms with Crippen LogP contribution in [0.5, 0.6) is 0 Å². The van der Waals surface area contributed by atoms with Crippen LogP contribution in [0.15, 0.2) is 18.2 Å². The summed E-state index contributed by atoms with van der Waals surface area (Å²) in [6.45, 7) is 6.79. The number of carbonyl (C=O) groups is 1. The van der Waals surface area contributed by atoms with Gasteiger partial charge in [-0.3, -0.25) is 4.79 Å². The maximum Gasteiger partial charge on any atom is 0.220 e. The molecule has 1 aromatic carbocycles. The van der Waals surface area contributed by atoms with E-state index in [0.29, 0.717) is 19.0 Å². The Bertz CT molecular complexity index is 512. The molecular weight excluding hydrogens is 212 g/mol. The summed E-state index contributed by atoms with van der Waals surface area (Å²) in [4.78, 5) is 11.1. The molecule has 1 fully saturated rings. The number of piperidine rings is 1. The first-order valence-electron chi connectivity index (χ1n) is 5.98. The quantitative estimate of drug-likeness (QED) is 0.780. The Morgan fingerprint density at radius 2 is 2.35 bits per heavy atom. The highest BCUT2D eigenvalue weighted by molar-refractivity contribution is 5.77. The highest BCUT2D eigenvalue weighted by Crippen LogP contribution is 2.08. The van der Waals surface area contributed by atoms with Gasteiger partial charge in [-0.2, -0.15) is 0 Å². The van der Waals surface area contributed by atoms with Crippen LogP contribution in [0, 0.1) is 0 Å². The summed E-state index contributed by atoms with van der Waals surface area (Å²) >= 11 is 0. The van der Waals surface area contributed by atoms with Crippen molar-refractivity contribution in [2.45, 2.75) is 25.8 Å². The minimum atomic E-state index is 0.147. The molecule has 2 rings (SSSR count). The number of rotatable bonds is 2. The van der Waals surface area contributed by atoms with Gasteiger partial charge in [0, 0.05) is 24.7 Å². The highest BCUT2D eigenvalue weighted by Gasteiger charge is 2.17. The lowest BCUT2D eigenvalue weighted by atomic mass is 10.1. The van der Waals surface area contributed by atoms with E-state index in [9.17, 15) is 4.79 Å². The fourth-order valence-corrected chi connectivity index (χ4v) is 2.09. The van der Waals surface area contributed by atoms with Crippen molar-refractivity contribution in [2.75, 3.05) is 11.9 Å². The van der Waals surface area contributed by atoms with Gasteiger partial charge < -0.3 is 10.6 Å². The lowest BCUT2D eigenvalue weighted by Crippen LogP contribution is -2.43. The van der Waals surface area contributed by atoms with E-state index in [-0.39, 0.29) is 5.91 Å². The average molecular weight is 230 g/mol. The molecule has 0 radical (unpaired) electrons. The van der Waals surface area contributed by atoms with Crippen LogP contribution in [0.4, 0.5) is 5.69 Å². The van der Waals surface area contributed by atoms with E-state index in [1.807, 2.05) is 19.1 Å². The van der Waals surface area contributed by atoms with E-state index in [2.05, 4.69) is 29.4 Å². The van der Waals surface area contributed by atoms with Crippen molar-refractivity contribution in [2.24, 2.45) is 0 Å². The van der Waals surface area contributed by atoms with Gasteiger partial charge in [-0.25, -0.2) is 0 Å². The van der Waals surface area contributed by atoms with Gasteiger partial charge >= 0.3 is 0 Å². The predicted molar refractivity (Wildman–Crippen MR) is 71.0 cm³/mol. The predicted octanol–water partition coefficient (Wildman–Crippen LogP) is 0.588. The van der Waals surface area contributed by atoms with Crippen molar-refractivity contribution >= 4 is 24.2 Å². The standard InChI is InChI=1S/C14H18N2O/c1-3-11-5-4-6-13(10(11)2)16-12-7-8-14(17)15-9-12/h3-6,12,16H,2,7-9H2,1H3,(H,15,17)/b11-3-. The van der Waals surface area contributed by atoms with Gasteiger partial charge in [-0.1, -0.05) is 24.8 Å². The number of benzene rings is 1. The summed E-state index contributed by atoms with van der Waals surface area (Å²) in [7, 11) is 0. The summed E-state index contributed by atoms with van der Waals surface area (Å²) < 4.78 is 0. The average Bonchev–Trinajstić information content (AvgIpc) is 2.35. The van der Waals surface area contributed by atoms with E-state index in [1.54, 1.807) is 0 Å². The van der Waals surface area contributed by atoms with Crippen LogP contribution in [0.1, 0.15) is 19.8 Å². The second-order valence-electron chi connectivity index (χ2n) is 4.35. The van der Waals surface area contributed by atoms with Gasteiger partial charge in [0.2, 0.25) is 5.91 Å². The molecule has 1 aliphatic rings. The van der Waals surface area contributed by atoms with Crippen LogP contribution in [-0.2, 0) is 4.79 Å². The molecule has 1 aliphatic heterocycles. The Morgan fingerprint density at radius 3 is 3.00 bits per heavy atom. The third-order valence-corrected chi connectivity index (χ3v) is 3.15. The maximum atomic E-state index is 11.1. The second kappa shape index (κ2) is 5.04. The first-order chi connectivity index (χ1) is 8.20. The van der Waals surface area contributed by atoms with Gasteiger partial charge in [0.25, 0.3) is 0 Å². The van der Waals surface area contributed by atoms with Crippen LogP contribution in [0.25, 0.3) is 12.7 Å². The van der Waals surface area contributed by atoms with E-state index in [4.69, 9.17) is 0 Å². The van der Waals surface area contributed by atoms with E-state index >= 15 is 0 Å². The molecule has 0 bridgehead atoms. The number of nitrogens with one attached hydrogen (secondary N) is 2. The van der Waals surface area contributed by atoms with Crippen molar-refractivity contribution in [3.8, 4) is 0 Å². The Kier molecular flexibility index (Phi) is 3.47. The molecule has 0 saturated carbocycles. The molecule has 1 saturated heterocycles. The maximum absolute atomic E-state index is 11.1. The van der Waals surface area contributed by atoms with E-state index in [0.717, 1.165) is 22.5 Å². The Morgan fingerprint density at radius 1 is 1.53 bits per heavy atom. The smallest absolute Gasteiger partial charge is 0.220 e. The summed E-state index contributed by atoms with van der Waals surface area (Å²) in [6.07, 6.45) is 3.53. The van der Waals surface area contributed by atoms with Gasteiger partial charge in [0.15, 0.2) is 0 Å². The third-order valence-electron chi connectivity index (χ3n) is 3.15. The topological polar surface area (TPSA) is 41.1 Å². The Labute approximate surface area is 101 Å². The monoisotopic (exact) mass is 230 g/mol. The fourth-order valence-electron chi connectivity index (χ4n) is 2.09. The van der Waals surface area contributed by atoms with Crippen molar-refractivity contribution < 1.29 is 4.79 Å². The fraction of sp³-hybridized carbons (Fsp3) is 0.357. The lowest BCUT2D eigenvalue weighted by Gasteiger charge is -2.24. The molecule has 1 heterocycles. The molecule has 1 unspecified atom stereocenters. The van der Waals surface area contributed by atoms with Crippen molar-refractivity contribution in [1.29, 1.82) is 0 Å². The Balaban J connectivity index is 2.14. The van der Waals surface area contributed by atoms with Crippen LogP contribution in [0.3, 0.4) is 0 Å². The SMILES string of the molecule is C=c1c(NC2CCC(=O)NC2)ccc/c1=C/C. The molecule has 0 aromatic heterocycles. The molecule has 0 aliphatic carbocycles. The van der Waals surface area contributed by atoms with Crippen LogP contribution < -0.4 is 21.1 Å². The van der Waals surface area contributed by atoms with Crippen molar-refractivity contribution in [1.82, 2.24) is 5.32 Å². The number of hydrogen-bond acceptors (Lipinski definition) is 2. The number of carbonyl (C=O) groups excluding carboxylic acids is 1. The van der Waals surface area contributed by atoms with Gasteiger partial charge in [-0.05, 0) is 29.8 Å². The second-order valence-corrected chi connectivity index (χ2v) is 4.35. The molecule has 1 amide bonds. The molecule has 2 N–H and O–H groups in total. The number of amides is 1. The Hall–Kier alpha value is -1.77. The number of hydrogen-bond donors (Lipinski definition) is 2. The molecule has 1 aromatic rings. The largest absolute Gasteiger partial charge is 0.380 e. The van der Waals surface area contributed by atoms with Gasteiger partial charge in [0.1, 0.15) is 0 Å². The number of anilines is 1. The molecule has 0 spiro atoms. The molecule has 90 valence electrons. The summed E-state index contributed by atoms with van der Waals surface area (Å²) in [5.41, 5.74) is 1.06. The zero-order chi connectivity index (χ0) is 12.3. The van der Waals surface area contributed by atoms with Crippen molar-refractivity contribution in [3.05, 3.63) is 28.6 Å². The first-order valence-corrected chi connectivity index (χ1v) is 5.98.